The van der Waals surface area contributed by atoms with Crippen molar-refractivity contribution in [2.45, 2.75) is 110 Å². The number of carboxylic acid groups (broad SMARTS) is 1. The zero-order chi connectivity index (χ0) is 19.3. The highest BCUT2D eigenvalue weighted by Gasteiger charge is 2.07. The van der Waals surface area contributed by atoms with Crippen LogP contribution in [0.1, 0.15) is 110 Å². The second-order valence-corrected chi connectivity index (χ2v) is 8.90. The molecule has 0 atom stereocenters. The molecule has 0 aromatic heterocycles. The minimum atomic E-state index is -0.970. The van der Waals surface area contributed by atoms with Gasteiger partial charge in [0.25, 0.3) is 0 Å². The summed E-state index contributed by atoms with van der Waals surface area (Å²) >= 11 is 1.07. The van der Waals surface area contributed by atoms with Gasteiger partial charge in [0.2, 0.25) is 0 Å². The second kappa shape index (κ2) is 20.9. The topological polar surface area (TPSA) is 63.6 Å². The van der Waals surface area contributed by atoms with E-state index in [0.717, 1.165) is 23.2 Å². The summed E-state index contributed by atoms with van der Waals surface area (Å²) in [6.07, 6.45) is 18.7. The van der Waals surface area contributed by atoms with Crippen molar-refractivity contribution in [2.75, 3.05) is 5.75 Å². The molecule has 0 saturated carbocycles. The summed E-state index contributed by atoms with van der Waals surface area (Å²) < 4.78 is 4.89. The van der Waals surface area contributed by atoms with Crippen molar-refractivity contribution in [3.8, 4) is 0 Å². The van der Waals surface area contributed by atoms with Gasteiger partial charge in [0, 0.05) is 5.75 Å². The van der Waals surface area contributed by atoms with Gasteiger partial charge in [-0.2, -0.15) is 0 Å². The number of carbonyl (C=O) groups is 2. The van der Waals surface area contributed by atoms with E-state index in [-0.39, 0.29) is 12.8 Å². The van der Waals surface area contributed by atoms with Crippen molar-refractivity contribution in [1.82, 2.24) is 0 Å². The molecule has 0 aromatic rings. The standard InChI is InChI=1S/C20H38O4S2/c1-2-3-4-5-6-7-8-9-10-11-12-13-14-15-18-25-26-24-20(23)17-16-19(21)22/h2-18H2,1H3,(H,21,22). The lowest BCUT2D eigenvalue weighted by molar-refractivity contribution is -0.141. The minimum absolute atomic E-state index is 0.0538. The molecule has 0 spiro atoms. The van der Waals surface area contributed by atoms with Crippen LogP contribution in [-0.4, -0.2) is 22.8 Å². The van der Waals surface area contributed by atoms with Crippen molar-refractivity contribution >= 4 is 33.8 Å². The Hall–Kier alpha value is -0.360. The molecule has 0 saturated heterocycles. The number of rotatable bonds is 20. The first kappa shape index (κ1) is 25.6. The normalized spacial score (nSPS) is 10.8. The monoisotopic (exact) mass is 406 g/mol. The van der Waals surface area contributed by atoms with Gasteiger partial charge in [0.05, 0.1) is 12.8 Å². The van der Waals surface area contributed by atoms with E-state index in [1.165, 1.54) is 94.3 Å². The number of hydrogen-bond acceptors (Lipinski definition) is 5. The van der Waals surface area contributed by atoms with Gasteiger partial charge in [0.1, 0.15) is 11.1 Å². The molecule has 0 aliphatic carbocycles. The van der Waals surface area contributed by atoms with Crippen LogP contribution in [0.15, 0.2) is 0 Å². The SMILES string of the molecule is CCCCCCCCCCCCCCCCSSOC(=O)CCC(=O)O. The highest BCUT2D eigenvalue weighted by molar-refractivity contribution is 8.75. The van der Waals surface area contributed by atoms with Crippen LogP contribution < -0.4 is 0 Å². The molecule has 0 fully saturated rings. The van der Waals surface area contributed by atoms with Crippen molar-refractivity contribution in [3.63, 3.8) is 0 Å². The Labute approximate surface area is 168 Å². The van der Waals surface area contributed by atoms with E-state index < -0.39 is 11.9 Å². The number of carbonyl (C=O) groups excluding carboxylic acids is 1. The Morgan fingerprint density at radius 2 is 1.19 bits per heavy atom. The molecule has 0 amide bonds. The van der Waals surface area contributed by atoms with Crippen molar-refractivity contribution < 1.29 is 18.9 Å². The molecule has 0 bridgehead atoms. The lowest BCUT2D eigenvalue weighted by Gasteiger charge is -2.03. The fourth-order valence-electron chi connectivity index (χ4n) is 2.70. The van der Waals surface area contributed by atoms with Crippen LogP contribution in [0.2, 0.25) is 0 Å². The van der Waals surface area contributed by atoms with Crippen LogP contribution in [-0.2, 0) is 13.8 Å². The summed E-state index contributed by atoms with van der Waals surface area (Å²) in [4.78, 5) is 21.5. The molecule has 26 heavy (non-hydrogen) atoms. The van der Waals surface area contributed by atoms with Crippen LogP contribution in [0.5, 0.6) is 0 Å². The summed E-state index contributed by atoms with van der Waals surface area (Å²) in [5.41, 5.74) is 0. The van der Waals surface area contributed by atoms with Crippen LogP contribution in [0.3, 0.4) is 0 Å². The quantitative estimate of drug-likeness (QED) is 0.131. The van der Waals surface area contributed by atoms with Gasteiger partial charge >= 0.3 is 11.9 Å². The highest BCUT2D eigenvalue weighted by Crippen LogP contribution is 2.25. The number of aliphatic carboxylic acids is 1. The van der Waals surface area contributed by atoms with E-state index in [9.17, 15) is 9.59 Å². The molecule has 154 valence electrons. The Morgan fingerprint density at radius 1 is 0.731 bits per heavy atom. The summed E-state index contributed by atoms with van der Waals surface area (Å²) in [6.45, 7) is 2.27. The minimum Gasteiger partial charge on any atom is -0.481 e. The third-order valence-electron chi connectivity index (χ3n) is 4.30. The van der Waals surface area contributed by atoms with E-state index >= 15 is 0 Å². The first-order chi connectivity index (χ1) is 12.7. The highest BCUT2D eigenvalue weighted by atomic mass is 33.1. The Kier molecular flexibility index (Phi) is 20.7. The zero-order valence-electron chi connectivity index (χ0n) is 16.5. The van der Waals surface area contributed by atoms with E-state index in [2.05, 4.69) is 6.92 Å². The van der Waals surface area contributed by atoms with Gasteiger partial charge in [-0.1, -0.05) is 101 Å². The fraction of sp³-hybridized carbons (Fsp3) is 0.900. The van der Waals surface area contributed by atoms with Crippen molar-refractivity contribution in [3.05, 3.63) is 0 Å². The molecule has 0 aromatic carbocycles. The third kappa shape index (κ3) is 21.7. The maximum absolute atomic E-state index is 11.2. The molecular weight excluding hydrogens is 368 g/mol. The van der Waals surface area contributed by atoms with Crippen LogP contribution in [0, 0.1) is 0 Å². The zero-order valence-corrected chi connectivity index (χ0v) is 18.1. The van der Waals surface area contributed by atoms with E-state index in [0.29, 0.717) is 0 Å². The number of unbranched alkanes of at least 4 members (excludes halogenated alkanes) is 13. The van der Waals surface area contributed by atoms with Crippen molar-refractivity contribution in [1.29, 1.82) is 0 Å². The van der Waals surface area contributed by atoms with Crippen LogP contribution in [0.4, 0.5) is 0 Å². The lowest BCUT2D eigenvalue weighted by atomic mass is 10.0. The average Bonchev–Trinajstić information content (AvgIpc) is 2.62. The van der Waals surface area contributed by atoms with Gasteiger partial charge in [-0.3, -0.25) is 9.59 Å². The summed E-state index contributed by atoms with van der Waals surface area (Å²) in [5, 5.41) is 8.46. The first-order valence-corrected chi connectivity index (χ1v) is 12.6. The number of hydrogen-bond donors (Lipinski definition) is 1. The van der Waals surface area contributed by atoms with Gasteiger partial charge in [-0.25, -0.2) is 0 Å². The Morgan fingerprint density at radius 3 is 1.65 bits per heavy atom. The molecule has 0 heterocycles. The molecule has 1 N–H and O–H groups in total. The first-order valence-electron chi connectivity index (χ1n) is 10.4. The second-order valence-electron chi connectivity index (χ2n) is 6.84. The summed E-state index contributed by atoms with van der Waals surface area (Å²) in [7, 11) is 1.53. The van der Waals surface area contributed by atoms with E-state index in [1.54, 1.807) is 0 Å². The molecule has 4 nitrogen and oxygen atoms in total. The Balaban J connectivity index is 3.09. The molecule has 6 heteroatoms. The maximum atomic E-state index is 11.2. The van der Waals surface area contributed by atoms with Gasteiger partial charge in [-0.15, -0.1) is 0 Å². The average molecular weight is 407 g/mol. The predicted octanol–water partition coefficient (Wildman–Crippen LogP) is 7.17. The summed E-state index contributed by atoms with van der Waals surface area (Å²) in [6, 6.07) is 0. The molecule has 0 aliphatic rings. The van der Waals surface area contributed by atoms with Crippen molar-refractivity contribution in [2.24, 2.45) is 0 Å². The predicted molar refractivity (Wildman–Crippen MR) is 113 cm³/mol. The largest absolute Gasteiger partial charge is 0.481 e. The van der Waals surface area contributed by atoms with Gasteiger partial charge in [-0.05, 0) is 6.42 Å². The van der Waals surface area contributed by atoms with E-state index in [1.807, 2.05) is 0 Å². The van der Waals surface area contributed by atoms with Gasteiger partial charge < -0.3 is 9.29 Å². The Bertz CT molecular complexity index is 338. The third-order valence-corrected chi connectivity index (χ3v) is 6.10. The number of carboxylic acids is 1. The summed E-state index contributed by atoms with van der Waals surface area (Å²) in [5.74, 6) is -0.456. The van der Waals surface area contributed by atoms with E-state index in [4.69, 9.17) is 9.29 Å². The molecule has 0 aliphatic heterocycles. The fourth-order valence-corrected chi connectivity index (χ4v) is 4.23. The molecule has 0 unspecified atom stereocenters. The maximum Gasteiger partial charge on any atom is 0.319 e. The van der Waals surface area contributed by atoms with Crippen LogP contribution >= 0.6 is 21.9 Å². The molecule has 0 rings (SSSR count). The smallest absolute Gasteiger partial charge is 0.319 e. The molecular formula is C20H38O4S2. The lowest BCUT2D eigenvalue weighted by Crippen LogP contribution is -2.03. The van der Waals surface area contributed by atoms with Gasteiger partial charge in [0.15, 0.2) is 0 Å². The van der Waals surface area contributed by atoms with Crippen LogP contribution in [0.25, 0.3) is 0 Å². The molecule has 0 radical (unpaired) electrons.